The molecule has 3 rings (SSSR count). The summed E-state index contributed by atoms with van der Waals surface area (Å²) in [6, 6.07) is 7.85. The van der Waals surface area contributed by atoms with Crippen molar-refractivity contribution < 1.29 is 9.84 Å². The van der Waals surface area contributed by atoms with Crippen molar-refractivity contribution in [1.29, 1.82) is 0 Å². The van der Waals surface area contributed by atoms with Crippen LogP contribution in [0.5, 0.6) is 5.75 Å². The van der Waals surface area contributed by atoms with Crippen molar-refractivity contribution >= 4 is 0 Å². The van der Waals surface area contributed by atoms with Gasteiger partial charge in [0.25, 0.3) is 0 Å². The molecule has 0 aromatic heterocycles. The number of ether oxygens (including phenoxy) is 1. The number of rotatable bonds is 0. The highest BCUT2D eigenvalue weighted by molar-refractivity contribution is 5.44. The molecule has 0 saturated heterocycles. The van der Waals surface area contributed by atoms with Gasteiger partial charge in [-0.1, -0.05) is 25.1 Å². The van der Waals surface area contributed by atoms with E-state index >= 15 is 0 Å². The number of fused-ring (bicyclic) bond motifs is 3. The van der Waals surface area contributed by atoms with E-state index in [1.165, 1.54) is 0 Å². The summed E-state index contributed by atoms with van der Waals surface area (Å²) >= 11 is 0. The van der Waals surface area contributed by atoms with Crippen molar-refractivity contribution in [2.24, 2.45) is 5.41 Å². The van der Waals surface area contributed by atoms with Gasteiger partial charge in [0.1, 0.15) is 17.5 Å². The Morgan fingerprint density at radius 1 is 1.33 bits per heavy atom. The van der Waals surface area contributed by atoms with Gasteiger partial charge in [0.2, 0.25) is 0 Å². The van der Waals surface area contributed by atoms with Crippen molar-refractivity contribution in [3.8, 4) is 5.75 Å². The van der Waals surface area contributed by atoms with Crippen LogP contribution in [0.15, 0.2) is 24.3 Å². The van der Waals surface area contributed by atoms with Crippen molar-refractivity contribution in [2.75, 3.05) is 0 Å². The van der Waals surface area contributed by atoms with Crippen LogP contribution in [-0.2, 0) is 5.60 Å². The molecule has 1 heterocycles. The van der Waals surface area contributed by atoms with Crippen molar-refractivity contribution in [3.05, 3.63) is 29.8 Å². The Balaban J connectivity index is 2.20. The summed E-state index contributed by atoms with van der Waals surface area (Å²) in [6.45, 7) is 4.18. The van der Waals surface area contributed by atoms with Gasteiger partial charge >= 0.3 is 0 Å². The monoisotopic (exact) mass is 204 g/mol. The van der Waals surface area contributed by atoms with E-state index in [9.17, 15) is 5.11 Å². The van der Waals surface area contributed by atoms with Gasteiger partial charge < -0.3 is 9.84 Å². The zero-order valence-electron chi connectivity index (χ0n) is 9.16. The van der Waals surface area contributed by atoms with Gasteiger partial charge in [0, 0.05) is 11.0 Å². The summed E-state index contributed by atoms with van der Waals surface area (Å²) in [4.78, 5) is 0. The molecular weight excluding hydrogens is 188 g/mol. The van der Waals surface area contributed by atoms with Crippen LogP contribution in [0.4, 0.5) is 0 Å². The average molecular weight is 204 g/mol. The Kier molecular flexibility index (Phi) is 1.57. The Morgan fingerprint density at radius 3 is 2.73 bits per heavy atom. The topological polar surface area (TPSA) is 29.5 Å². The predicted molar refractivity (Wildman–Crippen MR) is 57.8 cm³/mol. The molecule has 0 amide bonds. The molecule has 1 saturated carbocycles. The van der Waals surface area contributed by atoms with Crippen LogP contribution in [0, 0.1) is 5.41 Å². The number of hydrogen-bond donors (Lipinski definition) is 1. The minimum atomic E-state index is -0.665. The maximum atomic E-state index is 10.7. The minimum absolute atomic E-state index is 0.0890. The van der Waals surface area contributed by atoms with Crippen LogP contribution in [0.25, 0.3) is 0 Å². The van der Waals surface area contributed by atoms with E-state index in [1.54, 1.807) is 0 Å². The fraction of sp³-hybridized carbons (Fsp3) is 0.538. The van der Waals surface area contributed by atoms with Gasteiger partial charge in [-0.3, -0.25) is 0 Å². The Bertz CT molecular complexity index is 415. The number of aliphatic hydroxyl groups is 1. The van der Waals surface area contributed by atoms with Gasteiger partial charge in [-0.2, -0.15) is 0 Å². The molecular formula is C13H16O2. The highest BCUT2D eigenvalue weighted by Gasteiger charge is 2.62. The van der Waals surface area contributed by atoms with Gasteiger partial charge in [-0.05, 0) is 25.8 Å². The molecule has 0 bridgehead atoms. The minimum Gasteiger partial charge on any atom is -0.490 e. The SMILES string of the molecule is C[C@H]1Oc2ccccc2[C@@]2(O)CC[C@@]12C. The summed E-state index contributed by atoms with van der Waals surface area (Å²) < 4.78 is 5.87. The van der Waals surface area contributed by atoms with E-state index in [2.05, 4.69) is 13.8 Å². The molecule has 15 heavy (non-hydrogen) atoms. The molecule has 2 heteroatoms. The third-order valence-corrected chi connectivity index (χ3v) is 4.48. The molecule has 2 nitrogen and oxygen atoms in total. The normalized spacial score (nSPS) is 42.2. The third kappa shape index (κ3) is 0.888. The first-order chi connectivity index (χ1) is 7.08. The van der Waals surface area contributed by atoms with Crippen LogP contribution >= 0.6 is 0 Å². The fourth-order valence-corrected chi connectivity index (χ4v) is 2.97. The number of hydrogen-bond acceptors (Lipinski definition) is 2. The van der Waals surface area contributed by atoms with Crippen LogP contribution in [0.3, 0.4) is 0 Å². The molecule has 1 aliphatic carbocycles. The van der Waals surface area contributed by atoms with E-state index in [1.807, 2.05) is 24.3 Å². The lowest BCUT2D eigenvalue weighted by Gasteiger charge is -2.60. The Hall–Kier alpha value is -1.02. The Morgan fingerprint density at radius 2 is 2.07 bits per heavy atom. The maximum absolute atomic E-state index is 10.7. The molecule has 1 fully saturated rings. The summed E-state index contributed by atoms with van der Waals surface area (Å²) in [5, 5.41) is 10.7. The molecule has 1 aliphatic heterocycles. The first-order valence-electron chi connectivity index (χ1n) is 5.56. The lowest BCUT2D eigenvalue weighted by Crippen LogP contribution is -2.62. The smallest absolute Gasteiger partial charge is 0.125 e. The molecule has 2 aliphatic rings. The van der Waals surface area contributed by atoms with E-state index in [-0.39, 0.29) is 11.5 Å². The van der Waals surface area contributed by atoms with Crippen molar-refractivity contribution in [3.63, 3.8) is 0 Å². The highest BCUT2D eigenvalue weighted by atomic mass is 16.5. The lowest BCUT2D eigenvalue weighted by atomic mass is 9.52. The lowest BCUT2D eigenvalue weighted by molar-refractivity contribution is -0.218. The largest absolute Gasteiger partial charge is 0.490 e. The molecule has 80 valence electrons. The van der Waals surface area contributed by atoms with E-state index in [0.29, 0.717) is 0 Å². The molecule has 0 radical (unpaired) electrons. The van der Waals surface area contributed by atoms with E-state index in [0.717, 1.165) is 24.2 Å². The second-order valence-electron chi connectivity index (χ2n) is 5.03. The maximum Gasteiger partial charge on any atom is 0.125 e. The molecule has 1 aromatic carbocycles. The zero-order chi connectivity index (χ0) is 10.7. The van der Waals surface area contributed by atoms with Gasteiger partial charge in [0.15, 0.2) is 0 Å². The molecule has 0 spiro atoms. The first kappa shape index (κ1) is 9.22. The molecule has 3 atom stereocenters. The van der Waals surface area contributed by atoms with E-state index < -0.39 is 5.60 Å². The average Bonchev–Trinajstić information content (AvgIpc) is 2.24. The summed E-state index contributed by atoms with van der Waals surface area (Å²) in [5.74, 6) is 0.852. The van der Waals surface area contributed by atoms with Crippen LogP contribution in [-0.4, -0.2) is 11.2 Å². The third-order valence-electron chi connectivity index (χ3n) is 4.48. The quantitative estimate of drug-likeness (QED) is 0.703. The number of para-hydroxylation sites is 1. The molecule has 1 aromatic rings. The van der Waals surface area contributed by atoms with Crippen LogP contribution < -0.4 is 4.74 Å². The van der Waals surface area contributed by atoms with Crippen LogP contribution in [0.1, 0.15) is 32.3 Å². The first-order valence-corrected chi connectivity index (χ1v) is 5.56. The Labute approximate surface area is 89.9 Å². The summed E-state index contributed by atoms with van der Waals surface area (Å²) in [6.07, 6.45) is 1.99. The molecule has 1 N–H and O–H groups in total. The van der Waals surface area contributed by atoms with E-state index in [4.69, 9.17) is 4.74 Å². The number of benzene rings is 1. The van der Waals surface area contributed by atoms with Gasteiger partial charge in [-0.15, -0.1) is 0 Å². The fourth-order valence-electron chi connectivity index (χ4n) is 2.97. The molecule has 0 unspecified atom stereocenters. The second-order valence-corrected chi connectivity index (χ2v) is 5.03. The van der Waals surface area contributed by atoms with Gasteiger partial charge in [0.05, 0.1) is 0 Å². The predicted octanol–water partition coefficient (Wildman–Crippen LogP) is 2.46. The standard InChI is InChI=1S/C13H16O2/c1-9-12(2)7-8-13(12,14)10-5-3-4-6-11(10)15-9/h3-6,9,14H,7-8H2,1-2H3/t9-,12+,13+/m1/s1. The van der Waals surface area contributed by atoms with Crippen molar-refractivity contribution in [2.45, 2.75) is 38.4 Å². The van der Waals surface area contributed by atoms with Gasteiger partial charge in [-0.25, -0.2) is 0 Å². The second kappa shape index (κ2) is 2.56. The van der Waals surface area contributed by atoms with Crippen molar-refractivity contribution in [1.82, 2.24) is 0 Å². The summed E-state index contributed by atoms with van der Waals surface area (Å²) in [7, 11) is 0. The van der Waals surface area contributed by atoms with Crippen LogP contribution in [0.2, 0.25) is 0 Å². The summed E-state index contributed by atoms with van der Waals surface area (Å²) in [5.41, 5.74) is 0.194. The zero-order valence-corrected chi connectivity index (χ0v) is 9.16. The highest BCUT2D eigenvalue weighted by Crippen LogP contribution is 2.62.